The molecule has 16 heavy (non-hydrogen) atoms. The van der Waals surface area contributed by atoms with Crippen LogP contribution in [0.3, 0.4) is 0 Å². The Morgan fingerprint density at radius 1 is 1.31 bits per heavy atom. The molecule has 0 fully saturated rings. The maximum absolute atomic E-state index is 4.66. The number of unbranched alkanes of at least 4 members (excludes halogenated alkanes) is 3. The molecule has 0 spiro atoms. The molecule has 1 aliphatic heterocycles. The van der Waals surface area contributed by atoms with Gasteiger partial charge in [0.05, 0.1) is 6.04 Å². The third-order valence-electron chi connectivity index (χ3n) is 3.53. The Labute approximate surface area is 101 Å². The van der Waals surface area contributed by atoms with Crippen molar-refractivity contribution in [2.45, 2.75) is 72.3 Å². The second-order valence-corrected chi connectivity index (χ2v) is 5.35. The van der Waals surface area contributed by atoms with Crippen LogP contribution >= 0.6 is 0 Å². The summed E-state index contributed by atoms with van der Waals surface area (Å²) in [5, 5.41) is 0. The van der Waals surface area contributed by atoms with Gasteiger partial charge in [-0.25, -0.2) is 0 Å². The minimum atomic E-state index is 0.568. The predicted octanol–water partition coefficient (Wildman–Crippen LogP) is 4.77. The van der Waals surface area contributed by atoms with Crippen LogP contribution in [0, 0.1) is 5.92 Å². The van der Waals surface area contributed by atoms with E-state index in [0.29, 0.717) is 12.0 Å². The standard InChI is InChI=1S/C15H27N/c1-5-6-7-8-9-14-10-15(12(2)3)13(4)11-16-14/h11-12,14H,5-10H2,1-4H3. The van der Waals surface area contributed by atoms with Gasteiger partial charge in [0.2, 0.25) is 0 Å². The van der Waals surface area contributed by atoms with E-state index in [0.717, 1.165) is 0 Å². The Hall–Kier alpha value is -0.590. The summed E-state index contributed by atoms with van der Waals surface area (Å²) >= 11 is 0. The largest absolute Gasteiger partial charge is 0.289 e. The van der Waals surface area contributed by atoms with Gasteiger partial charge >= 0.3 is 0 Å². The second-order valence-electron chi connectivity index (χ2n) is 5.35. The van der Waals surface area contributed by atoms with Gasteiger partial charge in [-0.1, -0.05) is 52.0 Å². The van der Waals surface area contributed by atoms with Crippen molar-refractivity contribution in [2.75, 3.05) is 0 Å². The van der Waals surface area contributed by atoms with Gasteiger partial charge in [-0.15, -0.1) is 0 Å². The number of hydrogen-bond donors (Lipinski definition) is 0. The Morgan fingerprint density at radius 2 is 2.06 bits per heavy atom. The van der Waals surface area contributed by atoms with Gasteiger partial charge in [0.15, 0.2) is 0 Å². The average Bonchev–Trinajstić information content (AvgIpc) is 2.26. The number of aliphatic imine (C=N–C) groups is 1. The molecule has 0 saturated heterocycles. The van der Waals surface area contributed by atoms with Crippen LogP contribution in [0.1, 0.15) is 66.2 Å². The molecule has 1 heterocycles. The van der Waals surface area contributed by atoms with Gasteiger partial charge < -0.3 is 0 Å². The lowest BCUT2D eigenvalue weighted by Crippen LogP contribution is -2.15. The zero-order chi connectivity index (χ0) is 12.0. The van der Waals surface area contributed by atoms with Crippen LogP contribution in [0.25, 0.3) is 0 Å². The van der Waals surface area contributed by atoms with Crippen LogP contribution in [0.15, 0.2) is 16.1 Å². The molecule has 1 atom stereocenters. The second kappa shape index (κ2) is 6.88. The summed E-state index contributed by atoms with van der Waals surface area (Å²) in [7, 11) is 0. The van der Waals surface area contributed by atoms with Crippen molar-refractivity contribution in [3.05, 3.63) is 11.1 Å². The van der Waals surface area contributed by atoms with E-state index in [-0.39, 0.29) is 0 Å². The average molecular weight is 221 g/mol. The van der Waals surface area contributed by atoms with Crippen LogP contribution in [0.2, 0.25) is 0 Å². The minimum Gasteiger partial charge on any atom is -0.289 e. The third-order valence-corrected chi connectivity index (χ3v) is 3.53. The lowest BCUT2D eigenvalue weighted by Gasteiger charge is -2.23. The summed E-state index contributed by atoms with van der Waals surface area (Å²) in [4.78, 5) is 4.66. The van der Waals surface area contributed by atoms with E-state index in [9.17, 15) is 0 Å². The molecule has 0 bridgehead atoms. The van der Waals surface area contributed by atoms with E-state index < -0.39 is 0 Å². The number of dihydropyridines is 1. The van der Waals surface area contributed by atoms with E-state index in [1.807, 2.05) is 0 Å². The van der Waals surface area contributed by atoms with Crippen LogP contribution in [0.5, 0.6) is 0 Å². The molecule has 0 aromatic heterocycles. The highest BCUT2D eigenvalue weighted by atomic mass is 14.8. The van der Waals surface area contributed by atoms with Crippen molar-refractivity contribution in [2.24, 2.45) is 10.9 Å². The van der Waals surface area contributed by atoms with Crippen LogP contribution < -0.4 is 0 Å². The van der Waals surface area contributed by atoms with E-state index in [1.54, 1.807) is 5.57 Å². The summed E-state index contributed by atoms with van der Waals surface area (Å²) in [5.74, 6) is 0.685. The van der Waals surface area contributed by atoms with Crippen molar-refractivity contribution in [1.82, 2.24) is 0 Å². The lowest BCUT2D eigenvalue weighted by molar-refractivity contribution is 0.524. The number of allylic oxidation sites excluding steroid dienone is 1. The molecule has 0 aromatic rings. The topological polar surface area (TPSA) is 12.4 Å². The molecule has 1 aliphatic rings. The van der Waals surface area contributed by atoms with Gasteiger partial charge in [0.25, 0.3) is 0 Å². The molecular weight excluding hydrogens is 194 g/mol. The first-order valence-corrected chi connectivity index (χ1v) is 6.88. The summed E-state index contributed by atoms with van der Waals surface area (Å²) in [6, 6.07) is 0.568. The predicted molar refractivity (Wildman–Crippen MR) is 73.2 cm³/mol. The normalized spacial score (nSPS) is 20.9. The van der Waals surface area contributed by atoms with Gasteiger partial charge in [0.1, 0.15) is 0 Å². The van der Waals surface area contributed by atoms with Gasteiger partial charge in [0, 0.05) is 6.21 Å². The summed E-state index contributed by atoms with van der Waals surface area (Å²) in [6.07, 6.45) is 10.0. The van der Waals surface area contributed by atoms with E-state index in [1.165, 1.54) is 44.1 Å². The molecule has 1 heteroatoms. The van der Waals surface area contributed by atoms with Gasteiger partial charge in [-0.3, -0.25) is 4.99 Å². The molecule has 0 aromatic carbocycles. The smallest absolute Gasteiger partial charge is 0.0537 e. The third kappa shape index (κ3) is 4.11. The molecule has 0 aliphatic carbocycles. The van der Waals surface area contributed by atoms with Crippen molar-refractivity contribution in [1.29, 1.82) is 0 Å². The zero-order valence-electron chi connectivity index (χ0n) is 11.4. The van der Waals surface area contributed by atoms with Crippen molar-refractivity contribution < 1.29 is 0 Å². The Bertz CT molecular complexity index is 261. The van der Waals surface area contributed by atoms with E-state index in [2.05, 4.69) is 38.9 Å². The molecule has 0 N–H and O–H groups in total. The maximum Gasteiger partial charge on any atom is 0.0537 e. The van der Waals surface area contributed by atoms with Crippen molar-refractivity contribution in [3.63, 3.8) is 0 Å². The van der Waals surface area contributed by atoms with E-state index >= 15 is 0 Å². The maximum atomic E-state index is 4.66. The first-order valence-electron chi connectivity index (χ1n) is 6.88. The molecule has 0 saturated carbocycles. The fraction of sp³-hybridized carbons (Fsp3) is 0.800. The molecule has 1 rings (SSSR count). The van der Waals surface area contributed by atoms with Gasteiger partial charge in [-0.05, 0) is 31.3 Å². The van der Waals surface area contributed by atoms with Crippen LogP contribution in [0.4, 0.5) is 0 Å². The Kier molecular flexibility index (Phi) is 5.79. The number of hydrogen-bond acceptors (Lipinski definition) is 1. The lowest BCUT2D eigenvalue weighted by atomic mass is 9.88. The fourth-order valence-electron chi connectivity index (χ4n) is 2.44. The van der Waals surface area contributed by atoms with Gasteiger partial charge in [-0.2, -0.15) is 0 Å². The van der Waals surface area contributed by atoms with E-state index in [4.69, 9.17) is 0 Å². The van der Waals surface area contributed by atoms with Crippen LogP contribution in [-0.4, -0.2) is 12.3 Å². The van der Waals surface area contributed by atoms with Crippen molar-refractivity contribution in [3.8, 4) is 0 Å². The SMILES string of the molecule is CCCCCCC1CC(C(C)C)=C(C)C=N1. The fourth-order valence-corrected chi connectivity index (χ4v) is 2.44. The first-order chi connectivity index (χ1) is 7.65. The highest BCUT2D eigenvalue weighted by Crippen LogP contribution is 2.26. The summed E-state index contributed by atoms with van der Waals surface area (Å²) in [6.45, 7) is 9.06. The highest BCUT2D eigenvalue weighted by Gasteiger charge is 2.17. The quantitative estimate of drug-likeness (QED) is 0.573. The molecule has 1 nitrogen and oxygen atoms in total. The monoisotopic (exact) mass is 221 g/mol. The number of nitrogens with zero attached hydrogens (tertiary/aromatic N) is 1. The number of rotatable bonds is 6. The summed E-state index contributed by atoms with van der Waals surface area (Å²) in [5.41, 5.74) is 3.02. The van der Waals surface area contributed by atoms with Crippen LogP contribution in [-0.2, 0) is 0 Å². The first kappa shape index (κ1) is 13.5. The molecular formula is C15H27N. The summed E-state index contributed by atoms with van der Waals surface area (Å²) < 4.78 is 0. The molecule has 0 amide bonds. The Morgan fingerprint density at radius 3 is 2.69 bits per heavy atom. The molecule has 1 unspecified atom stereocenters. The molecule has 0 radical (unpaired) electrons. The molecule has 92 valence electrons. The highest BCUT2D eigenvalue weighted by molar-refractivity contribution is 5.80. The Balaban J connectivity index is 2.36. The van der Waals surface area contributed by atoms with Crippen molar-refractivity contribution >= 4 is 6.21 Å². The minimum absolute atomic E-state index is 0.568. The zero-order valence-corrected chi connectivity index (χ0v) is 11.4.